The molecule has 30 heavy (non-hydrogen) atoms. The SMILES string of the molecule is COc1ccc([C@@H](CNC(=O)C(=O)Nc2ccccc2F)[NH+]2CC[NH+](C)CC2)cc1. The number of rotatable bonds is 6. The van der Waals surface area contributed by atoms with Crippen LogP contribution in [-0.4, -0.2) is 58.7 Å². The quantitative estimate of drug-likeness (QED) is 0.459. The number of hydrogen-bond donors (Lipinski definition) is 4. The van der Waals surface area contributed by atoms with Gasteiger partial charge in [0, 0.05) is 5.56 Å². The molecule has 2 amide bonds. The van der Waals surface area contributed by atoms with Crippen LogP contribution in [0.2, 0.25) is 0 Å². The second-order valence-electron chi connectivity index (χ2n) is 7.59. The van der Waals surface area contributed by atoms with E-state index >= 15 is 0 Å². The normalized spacial score (nSPS) is 19.6. The molecule has 0 unspecified atom stereocenters. The Kier molecular flexibility index (Phi) is 7.37. The molecule has 0 bridgehead atoms. The Labute approximate surface area is 175 Å². The predicted molar refractivity (Wildman–Crippen MR) is 111 cm³/mol. The zero-order valence-electron chi connectivity index (χ0n) is 17.3. The number of benzene rings is 2. The summed E-state index contributed by atoms with van der Waals surface area (Å²) in [6, 6.07) is 13.5. The monoisotopic (exact) mass is 416 g/mol. The summed E-state index contributed by atoms with van der Waals surface area (Å²) in [5.41, 5.74) is 1.05. The number of hydrogen-bond acceptors (Lipinski definition) is 3. The van der Waals surface area contributed by atoms with Crippen LogP contribution >= 0.6 is 0 Å². The van der Waals surface area contributed by atoms with Crippen molar-refractivity contribution >= 4 is 17.5 Å². The van der Waals surface area contributed by atoms with Gasteiger partial charge in [-0.15, -0.1) is 0 Å². The topological polar surface area (TPSA) is 76.3 Å². The Morgan fingerprint density at radius 1 is 1.03 bits per heavy atom. The van der Waals surface area contributed by atoms with Crippen LogP contribution in [0.5, 0.6) is 5.75 Å². The molecule has 0 aromatic heterocycles. The van der Waals surface area contributed by atoms with Crippen molar-refractivity contribution in [3.8, 4) is 5.75 Å². The number of para-hydroxylation sites is 1. The van der Waals surface area contributed by atoms with Gasteiger partial charge in [-0.1, -0.05) is 12.1 Å². The largest absolute Gasteiger partial charge is 0.497 e. The van der Waals surface area contributed by atoms with Crippen molar-refractivity contribution in [2.24, 2.45) is 0 Å². The summed E-state index contributed by atoms with van der Waals surface area (Å²) in [4.78, 5) is 27.4. The molecule has 0 saturated carbocycles. The number of carbonyl (C=O) groups is 2. The van der Waals surface area contributed by atoms with Gasteiger partial charge in [0.05, 0.1) is 26.4 Å². The van der Waals surface area contributed by atoms with Crippen LogP contribution in [-0.2, 0) is 9.59 Å². The van der Waals surface area contributed by atoms with Crippen LogP contribution in [0.1, 0.15) is 11.6 Å². The molecule has 160 valence electrons. The zero-order chi connectivity index (χ0) is 21.5. The van der Waals surface area contributed by atoms with Crippen molar-refractivity contribution in [2.75, 3.05) is 52.2 Å². The first-order valence-corrected chi connectivity index (χ1v) is 10.1. The van der Waals surface area contributed by atoms with Gasteiger partial charge in [-0.2, -0.15) is 0 Å². The lowest BCUT2D eigenvalue weighted by atomic mass is 10.0. The van der Waals surface area contributed by atoms with Gasteiger partial charge >= 0.3 is 11.8 Å². The number of amides is 2. The summed E-state index contributed by atoms with van der Waals surface area (Å²) in [6.45, 7) is 4.34. The minimum atomic E-state index is -0.883. The highest BCUT2D eigenvalue weighted by Gasteiger charge is 2.30. The molecule has 1 fully saturated rings. The lowest BCUT2D eigenvalue weighted by molar-refractivity contribution is -1.02. The molecule has 8 heteroatoms. The first-order valence-electron chi connectivity index (χ1n) is 10.1. The summed E-state index contributed by atoms with van der Waals surface area (Å²) >= 11 is 0. The Morgan fingerprint density at radius 3 is 2.33 bits per heavy atom. The van der Waals surface area contributed by atoms with Crippen LogP contribution < -0.4 is 25.2 Å². The van der Waals surface area contributed by atoms with Crippen LogP contribution in [0.4, 0.5) is 10.1 Å². The zero-order valence-corrected chi connectivity index (χ0v) is 17.3. The molecule has 2 aromatic carbocycles. The third-order valence-electron chi connectivity index (χ3n) is 5.55. The maximum absolute atomic E-state index is 13.7. The molecule has 2 aromatic rings. The van der Waals surface area contributed by atoms with Gasteiger partial charge < -0.3 is 25.2 Å². The third kappa shape index (κ3) is 5.55. The fraction of sp³-hybridized carbons (Fsp3) is 0.364. The van der Waals surface area contributed by atoms with E-state index in [1.165, 1.54) is 28.0 Å². The number of ether oxygens (including phenoxy) is 1. The van der Waals surface area contributed by atoms with Crippen molar-refractivity contribution in [2.45, 2.75) is 6.04 Å². The first-order chi connectivity index (χ1) is 14.5. The molecule has 1 aliphatic heterocycles. The minimum Gasteiger partial charge on any atom is -0.497 e. The number of quaternary nitrogens is 2. The predicted octanol–water partition coefficient (Wildman–Crippen LogP) is -0.956. The van der Waals surface area contributed by atoms with Gasteiger partial charge in [0.1, 0.15) is 43.8 Å². The van der Waals surface area contributed by atoms with Crippen molar-refractivity contribution in [3.05, 3.63) is 59.9 Å². The number of piperazine rings is 1. The van der Waals surface area contributed by atoms with Crippen LogP contribution in [0.25, 0.3) is 0 Å². The van der Waals surface area contributed by atoms with E-state index in [2.05, 4.69) is 17.7 Å². The van der Waals surface area contributed by atoms with E-state index in [9.17, 15) is 14.0 Å². The fourth-order valence-corrected chi connectivity index (χ4v) is 3.70. The molecule has 1 aliphatic rings. The van der Waals surface area contributed by atoms with E-state index in [1.54, 1.807) is 13.2 Å². The Morgan fingerprint density at radius 2 is 1.70 bits per heavy atom. The average Bonchev–Trinajstić information content (AvgIpc) is 2.77. The van der Waals surface area contributed by atoms with Gasteiger partial charge in [-0.3, -0.25) is 9.59 Å². The smallest absolute Gasteiger partial charge is 0.313 e. The van der Waals surface area contributed by atoms with Gasteiger partial charge in [0.15, 0.2) is 0 Å². The Hall–Kier alpha value is -2.97. The van der Waals surface area contributed by atoms with E-state index in [0.29, 0.717) is 6.54 Å². The van der Waals surface area contributed by atoms with Crippen molar-refractivity contribution in [3.63, 3.8) is 0 Å². The summed E-state index contributed by atoms with van der Waals surface area (Å²) < 4.78 is 19.0. The second-order valence-corrected chi connectivity index (χ2v) is 7.59. The fourth-order valence-electron chi connectivity index (χ4n) is 3.70. The molecule has 1 atom stereocenters. The lowest BCUT2D eigenvalue weighted by Gasteiger charge is -2.33. The van der Waals surface area contributed by atoms with Crippen LogP contribution in [0, 0.1) is 5.82 Å². The molecule has 0 aliphatic carbocycles. The number of carbonyl (C=O) groups excluding carboxylic acids is 2. The highest BCUT2D eigenvalue weighted by Crippen LogP contribution is 2.16. The summed E-state index contributed by atoms with van der Waals surface area (Å²) in [7, 11) is 3.80. The summed E-state index contributed by atoms with van der Waals surface area (Å²) in [5.74, 6) is -1.48. The van der Waals surface area contributed by atoms with E-state index in [0.717, 1.165) is 37.5 Å². The van der Waals surface area contributed by atoms with Crippen molar-refractivity contribution in [1.29, 1.82) is 0 Å². The Balaban J connectivity index is 1.66. The lowest BCUT2D eigenvalue weighted by Crippen LogP contribution is -3.27. The maximum atomic E-state index is 13.7. The molecule has 1 heterocycles. The number of likely N-dealkylation sites (N-methyl/N-ethyl adjacent to an activating group) is 1. The van der Waals surface area contributed by atoms with Gasteiger partial charge in [0.2, 0.25) is 0 Å². The summed E-state index contributed by atoms with van der Waals surface area (Å²) in [6.07, 6.45) is 0. The van der Waals surface area contributed by atoms with Gasteiger partial charge in [-0.25, -0.2) is 4.39 Å². The van der Waals surface area contributed by atoms with Crippen molar-refractivity contribution in [1.82, 2.24) is 5.32 Å². The first kappa shape index (κ1) is 21.7. The van der Waals surface area contributed by atoms with E-state index in [4.69, 9.17) is 4.74 Å². The molecular weight excluding hydrogens is 387 g/mol. The van der Waals surface area contributed by atoms with Crippen molar-refractivity contribution < 1.29 is 28.5 Å². The average molecular weight is 416 g/mol. The molecule has 3 rings (SSSR count). The number of methoxy groups -OCH3 is 1. The van der Waals surface area contributed by atoms with Crippen LogP contribution in [0.15, 0.2) is 48.5 Å². The number of halogens is 1. The Bertz CT molecular complexity index is 867. The molecular formula is C22H29FN4O3+2. The van der Waals surface area contributed by atoms with E-state index in [-0.39, 0.29) is 11.7 Å². The van der Waals surface area contributed by atoms with Gasteiger partial charge in [-0.05, 0) is 36.4 Å². The minimum absolute atomic E-state index is 0.00853. The molecule has 7 nitrogen and oxygen atoms in total. The highest BCUT2D eigenvalue weighted by atomic mass is 19.1. The summed E-state index contributed by atoms with van der Waals surface area (Å²) in [5, 5.41) is 5.05. The van der Waals surface area contributed by atoms with E-state index < -0.39 is 17.6 Å². The van der Waals surface area contributed by atoms with Crippen LogP contribution in [0.3, 0.4) is 0 Å². The third-order valence-corrected chi connectivity index (χ3v) is 5.55. The molecule has 1 saturated heterocycles. The number of anilines is 1. The second kappa shape index (κ2) is 10.2. The maximum Gasteiger partial charge on any atom is 0.313 e. The molecule has 0 radical (unpaired) electrons. The highest BCUT2D eigenvalue weighted by molar-refractivity contribution is 6.39. The van der Waals surface area contributed by atoms with E-state index in [1.807, 2.05) is 24.3 Å². The standard InChI is InChI=1S/C22H27FN4O3/c1-26-11-13-27(14-12-26)20(16-7-9-17(30-2)10-8-16)15-24-21(28)22(29)25-19-6-4-3-5-18(19)23/h3-10,20H,11-15H2,1-2H3,(H,24,28)(H,25,29)/p+2/t20-/m1/s1. The van der Waals surface area contributed by atoms with Gasteiger partial charge in [0.25, 0.3) is 0 Å². The molecule has 0 spiro atoms. The number of nitrogens with one attached hydrogen (secondary N) is 4. The molecule has 4 N–H and O–H groups in total.